The van der Waals surface area contributed by atoms with E-state index in [0.717, 1.165) is 24.8 Å². The zero-order valence-electron chi connectivity index (χ0n) is 38.9. The molecule has 0 aromatic heterocycles. The number of allylic oxidation sites excluding steroid dienone is 2. The molecule has 5 fully saturated rings. The van der Waals surface area contributed by atoms with Crippen LogP contribution in [0, 0.1) is 35.5 Å². The molecule has 3 aliphatic heterocycles. The number of aliphatic hydroxyl groups is 1. The maximum Gasteiger partial charge on any atom is 0.306 e. The number of fused-ring (bicyclic) bond motifs is 5. The Morgan fingerprint density at radius 1 is 0.905 bits per heavy atom. The molecule has 0 spiro atoms. The Bertz CT molecular complexity index is 1750. The summed E-state index contributed by atoms with van der Waals surface area (Å²) in [5, 5.41) is 16.3. The minimum atomic E-state index is -0.939. The van der Waals surface area contributed by atoms with Crippen molar-refractivity contribution in [1.82, 2.24) is 10.2 Å². The summed E-state index contributed by atoms with van der Waals surface area (Å²) in [5.74, 6) is -2.20. The molecule has 2 saturated carbocycles. The number of carbonyl (C=O) groups excluding carboxylic acids is 2. The van der Waals surface area contributed by atoms with Crippen LogP contribution in [-0.4, -0.2) is 137 Å². The summed E-state index contributed by atoms with van der Waals surface area (Å²) in [6.07, 6.45) is 4.86. The van der Waals surface area contributed by atoms with Crippen LogP contribution in [0.3, 0.4) is 0 Å². The van der Waals surface area contributed by atoms with Crippen LogP contribution in [0.1, 0.15) is 91.0 Å². The molecule has 5 unspecified atom stereocenters. The second kappa shape index (κ2) is 21.1. The van der Waals surface area contributed by atoms with Gasteiger partial charge in [0.2, 0.25) is 0 Å². The fourth-order valence-electron chi connectivity index (χ4n) is 12.1. The van der Waals surface area contributed by atoms with Crippen molar-refractivity contribution in [2.75, 3.05) is 35.4 Å². The highest BCUT2D eigenvalue weighted by Gasteiger charge is 2.60. The van der Waals surface area contributed by atoms with Gasteiger partial charge in [0.15, 0.2) is 18.4 Å². The number of esters is 1. The number of ether oxygens (including phenoxy) is 8. The molecule has 0 radical (unpaired) electrons. The van der Waals surface area contributed by atoms with Crippen LogP contribution >= 0.6 is 0 Å². The highest BCUT2D eigenvalue weighted by Crippen LogP contribution is 2.57. The van der Waals surface area contributed by atoms with Gasteiger partial charge in [0.05, 0.1) is 48.7 Å². The Hall–Kier alpha value is -2.92. The van der Waals surface area contributed by atoms with Gasteiger partial charge < -0.3 is 59.0 Å². The highest BCUT2D eigenvalue weighted by molar-refractivity contribution is 5.99. The number of cyclic esters (lactones) is 1. The van der Waals surface area contributed by atoms with E-state index in [1.165, 1.54) is 0 Å². The van der Waals surface area contributed by atoms with Crippen molar-refractivity contribution in [3.05, 3.63) is 53.7 Å². The fourth-order valence-corrected chi connectivity index (χ4v) is 12.1. The summed E-state index contributed by atoms with van der Waals surface area (Å²) in [4.78, 5) is 31.3. The Morgan fingerprint density at radius 2 is 1.62 bits per heavy atom. The average Bonchev–Trinajstić information content (AvgIpc) is 3.86. The second-order valence-electron chi connectivity index (χ2n) is 19.3. The van der Waals surface area contributed by atoms with E-state index in [1.54, 1.807) is 27.5 Å². The first kappa shape index (κ1) is 48.0. The minimum Gasteiger partial charge on any atom is -0.462 e. The normalized spacial score (nSPS) is 42.6. The van der Waals surface area contributed by atoms with Gasteiger partial charge in [-0.3, -0.25) is 9.59 Å². The zero-order valence-corrected chi connectivity index (χ0v) is 38.9. The number of nitrogens with zero attached hydrogens (tertiary/aromatic N) is 1. The maximum atomic E-state index is 15.1. The van der Waals surface area contributed by atoms with Gasteiger partial charge in [-0.05, 0) is 108 Å². The lowest BCUT2D eigenvalue weighted by atomic mass is 9.62. The first-order valence-corrected chi connectivity index (χ1v) is 23.5. The predicted octanol–water partition coefficient (Wildman–Crippen LogP) is 5.21. The summed E-state index contributed by atoms with van der Waals surface area (Å²) >= 11 is 0. The molecule has 1 aromatic carbocycles. The van der Waals surface area contributed by atoms with Crippen molar-refractivity contribution >= 4 is 17.4 Å². The van der Waals surface area contributed by atoms with Crippen molar-refractivity contribution in [2.45, 2.75) is 165 Å². The average molecular weight is 882 g/mol. The molecule has 1 aromatic rings. The molecule has 14 nitrogen and oxygen atoms in total. The van der Waals surface area contributed by atoms with Crippen LogP contribution in [-0.2, 0) is 47.5 Å². The molecule has 3 saturated heterocycles. The molecule has 7 rings (SSSR count). The first-order chi connectivity index (χ1) is 30.3. The molecule has 3 heterocycles. The summed E-state index contributed by atoms with van der Waals surface area (Å²) in [7, 11) is 9.04. The quantitative estimate of drug-likeness (QED) is 0.234. The largest absolute Gasteiger partial charge is 0.462 e. The molecule has 3 aliphatic carbocycles. The van der Waals surface area contributed by atoms with E-state index in [2.05, 4.69) is 37.3 Å². The number of Topliss-reactive ketones (excluding diaryl/α,β-unsaturated/α-hetero) is 1. The van der Waals surface area contributed by atoms with Gasteiger partial charge in [-0.25, -0.2) is 0 Å². The van der Waals surface area contributed by atoms with Crippen LogP contribution in [0.25, 0.3) is 5.70 Å². The molecule has 63 heavy (non-hydrogen) atoms. The Balaban J connectivity index is 1.21. The van der Waals surface area contributed by atoms with Gasteiger partial charge in [0.1, 0.15) is 24.4 Å². The number of aliphatic hydroxyl groups excluding tert-OH is 1. The number of ketones is 1. The molecule has 6 aliphatic rings. The number of carbonyl (C=O) groups is 2. The summed E-state index contributed by atoms with van der Waals surface area (Å²) in [6, 6.07) is 9.53. The van der Waals surface area contributed by atoms with E-state index in [1.807, 2.05) is 51.1 Å². The molecule has 0 bridgehead atoms. The molecular formula is C49H75N3O11. The number of likely N-dealkylation sites (N-methyl/N-ethyl adjacent to an activating group) is 1. The summed E-state index contributed by atoms with van der Waals surface area (Å²) < 4.78 is 50.2. The predicted molar refractivity (Wildman–Crippen MR) is 237 cm³/mol. The number of hydrogen-bond acceptors (Lipinski definition) is 14. The minimum absolute atomic E-state index is 0.00581. The molecule has 19 atom stereocenters. The molecule has 4 N–H and O–H groups in total. The van der Waals surface area contributed by atoms with Crippen LogP contribution in [0.5, 0.6) is 0 Å². The SMILES string of the molecule is CC[C@H]1CCC[C@H](O[C@H]2CC[C@H](N(C)C)C(C)O2)[C@@H](C)C(=O)C2=C[C@H]3[C@@H]4C[C@H](O[C@@H]5OC(C)[C@H](OC)C(OC)[C@@H]5OC)C[C@H]4C(N/C=C(\N)c4ccccc4)C(O)[C@H]3[C@@H]2CC(=O)O1. The van der Waals surface area contributed by atoms with Crippen LogP contribution in [0.2, 0.25) is 0 Å². The van der Waals surface area contributed by atoms with Crippen LogP contribution < -0.4 is 11.1 Å². The lowest BCUT2D eigenvalue weighted by molar-refractivity contribution is -0.314. The van der Waals surface area contributed by atoms with Crippen LogP contribution in [0.4, 0.5) is 0 Å². The zero-order chi connectivity index (χ0) is 45.1. The second-order valence-corrected chi connectivity index (χ2v) is 19.3. The Labute approximate surface area is 374 Å². The molecular weight excluding hydrogens is 807 g/mol. The van der Waals surface area contributed by atoms with Crippen molar-refractivity contribution in [3.63, 3.8) is 0 Å². The maximum absolute atomic E-state index is 15.1. The monoisotopic (exact) mass is 882 g/mol. The third kappa shape index (κ3) is 10.2. The number of hydrogen-bond donors (Lipinski definition) is 3. The first-order valence-electron chi connectivity index (χ1n) is 23.5. The van der Waals surface area contributed by atoms with E-state index in [9.17, 15) is 9.90 Å². The lowest BCUT2D eigenvalue weighted by Crippen LogP contribution is -2.59. The summed E-state index contributed by atoms with van der Waals surface area (Å²) in [6.45, 7) is 8.02. The lowest BCUT2D eigenvalue weighted by Gasteiger charge is -2.47. The topological polar surface area (TPSA) is 170 Å². The van der Waals surface area contributed by atoms with Crippen molar-refractivity contribution in [3.8, 4) is 0 Å². The molecule has 14 heteroatoms. The molecule has 352 valence electrons. The van der Waals surface area contributed by atoms with E-state index in [4.69, 9.17) is 43.6 Å². The van der Waals surface area contributed by atoms with E-state index >= 15 is 4.79 Å². The number of nitrogens with one attached hydrogen (secondary N) is 1. The number of benzene rings is 1. The number of nitrogens with two attached hydrogens (primary N) is 1. The van der Waals surface area contributed by atoms with E-state index in [0.29, 0.717) is 43.4 Å². The van der Waals surface area contributed by atoms with Gasteiger partial charge in [0, 0.05) is 51.3 Å². The summed E-state index contributed by atoms with van der Waals surface area (Å²) in [5.41, 5.74) is 8.61. The molecule has 0 amide bonds. The smallest absolute Gasteiger partial charge is 0.306 e. The standard InChI is InChI=1S/C49H75N3O11/c1-10-30-17-14-18-39(63-41-20-19-38(52(5)6)27(3)59-41)26(2)44(54)36-23-33-32-21-31(62-49-48(58-9)47(57-8)46(56-7)28(4)60-49)22-35(32)43(45(55)42(33)34(36)24-40(53)61-30)51-25-37(50)29-15-12-11-13-16-29/h11-13,15-16,23,25-28,30-35,38-39,41-43,45-49,51,55H,10,14,17-22,24,50H2,1-9H3/b37-25-/t26-,27?,28?,30+,31+,32+,33+,34-,35-,38+,39+,41+,42-,43?,45?,46+,47?,48+,49+/m1/s1. The van der Waals surface area contributed by atoms with Gasteiger partial charge >= 0.3 is 5.97 Å². The van der Waals surface area contributed by atoms with Gasteiger partial charge in [0.25, 0.3) is 0 Å². The van der Waals surface area contributed by atoms with E-state index in [-0.39, 0.29) is 72.5 Å². The fraction of sp³-hybridized carbons (Fsp3) is 0.755. The van der Waals surface area contributed by atoms with Gasteiger partial charge in [-0.2, -0.15) is 0 Å². The van der Waals surface area contributed by atoms with Crippen molar-refractivity contribution in [2.24, 2.45) is 41.2 Å². The Kier molecular flexibility index (Phi) is 16.1. The van der Waals surface area contributed by atoms with E-state index < -0.39 is 60.8 Å². The number of rotatable bonds is 12. The van der Waals surface area contributed by atoms with Crippen LogP contribution in [0.15, 0.2) is 48.2 Å². The van der Waals surface area contributed by atoms with Crippen molar-refractivity contribution < 1.29 is 52.6 Å². The van der Waals surface area contributed by atoms with Crippen molar-refractivity contribution in [1.29, 1.82) is 0 Å². The third-order valence-electron chi connectivity index (χ3n) is 15.4. The highest BCUT2D eigenvalue weighted by atomic mass is 16.7. The number of methoxy groups -OCH3 is 3. The third-order valence-corrected chi connectivity index (χ3v) is 15.4. The Morgan fingerprint density at radius 3 is 2.29 bits per heavy atom. The van der Waals surface area contributed by atoms with Gasteiger partial charge in [-0.15, -0.1) is 0 Å². The van der Waals surface area contributed by atoms with Gasteiger partial charge in [-0.1, -0.05) is 50.3 Å².